The van der Waals surface area contributed by atoms with Gasteiger partial charge in [-0.1, -0.05) is 60.7 Å². The standard InChI is InChI=1S/C20H21NO5/c1-15(22)12-18(19(23)25-13-16-8-4-2-5-9-16)21-20(24)26-14-17-10-6-3-7-11-17/h2-11,18H,12-14H2,1H3,(H,21,24). The van der Waals surface area contributed by atoms with E-state index in [1.165, 1.54) is 6.92 Å². The Hall–Kier alpha value is -3.15. The average molecular weight is 355 g/mol. The fourth-order valence-corrected chi connectivity index (χ4v) is 2.22. The monoisotopic (exact) mass is 355 g/mol. The largest absolute Gasteiger partial charge is 0.459 e. The molecule has 2 aromatic carbocycles. The summed E-state index contributed by atoms with van der Waals surface area (Å²) >= 11 is 0. The Kier molecular flexibility index (Phi) is 7.36. The van der Waals surface area contributed by atoms with Crippen molar-refractivity contribution in [2.45, 2.75) is 32.6 Å². The van der Waals surface area contributed by atoms with Crippen LogP contribution in [0.5, 0.6) is 0 Å². The zero-order chi connectivity index (χ0) is 18.8. The molecule has 0 bridgehead atoms. The maximum atomic E-state index is 12.2. The quantitative estimate of drug-likeness (QED) is 0.736. The summed E-state index contributed by atoms with van der Waals surface area (Å²) in [5.74, 6) is -0.921. The molecule has 136 valence electrons. The molecule has 0 aromatic heterocycles. The number of rotatable bonds is 8. The molecule has 0 aliphatic heterocycles. The second-order valence-corrected chi connectivity index (χ2v) is 5.76. The topological polar surface area (TPSA) is 81.7 Å². The van der Waals surface area contributed by atoms with E-state index in [0.717, 1.165) is 11.1 Å². The number of carbonyl (C=O) groups excluding carboxylic acids is 3. The molecule has 0 saturated heterocycles. The van der Waals surface area contributed by atoms with Crippen LogP contribution in [0.1, 0.15) is 24.5 Å². The lowest BCUT2D eigenvalue weighted by Gasteiger charge is -2.16. The van der Waals surface area contributed by atoms with Gasteiger partial charge < -0.3 is 14.8 Å². The Morgan fingerprint density at radius 2 is 1.35 bits per heavy atom. The molecule has 0 aliphatic rings. The lowest BCUT2D eigenvalue weighted by atomic mass is 10.1. The number of benzene rings is 2. The Morgan fingerprint density at radius 3 is 1.85 bits per heavy atom. The van der Waals surface area contributed by atoms with Crippen molar-refractivity contribution < 1.29 is 23.9 Å². The van der Waals surface area contributed by atoms with Crippen molar-refractivity contribution in [1.29, 1.82) is 0 Å². The molecular weight excluding hydrogens is 334 g/mol. The zero-order valence-electron chi connectivity index (χ0n) is 14.5. The molecule has 0 aliphatic carbocycles. The van der Waals surface area contributed by atoms with E-state index < -0.39 is 18.1 Å². The van der Waals surface area contributed by atoms with E-state index in [4.69, 9.17) is 9.47 Å². The van der Waals surface area contributed by atoms with Crippen molar-refractivity contribution in [1.82, 2.24) is 5.32 Å². The summed E-state index contributed by atoms with van der Waals surface area (Å²) in [4.78, 5) is 35.5. The lowest BCUT2D eigenvalue weighted by Crippen LogP contribution is -2.43. The molecule has 1 atom stereocenters. The van der Waals surface area contributed by atoms with E-state index >= 15 is 0 Å². The highest BCUT2D eigenvalue weighted by molar-refractivity contribution is 5.87. The number of hydrogen-bond donors (Lipinski definition) is 1. The van der Waals surface area contributed by atoms with Crippen LogP contribution in [0.3, 0.4) is 0 Å². The molecular formula is C20H21NO5. The molecule has 0 saturated carbocycles. The number of nitrogens with one attached hydrogen (secondary N) is 1. The highest BCUT2D eigenvalue weighted by atomic mass is 16.6. The van der Waals surface area contributed by atoms with Gasteiger partial charge in [-0.3, -0.25) is 4.79 Å². The van der Waals surface area contributed by atoms with Gasteiger partial charge >= 0.3 is 12.1 Å². The fourth-order valence-electron chi connectivity index (χ4n) is 2.22. The molecule has 1 unspecified atom stereocenters. The van der Waals surface area contributed by atoms with Crippen LogP contribution in [0.4, 0.5) is 4.79 Å². The van der Waals surface area contributed by atoms with Crippen LogP contribution >= 0.6 is 0 Å². The minimum Gasteiger partial charge on any atom is -0.459 e. The van der Waals surface area contributed by atoms with Crippen molar-refractivity contribution in [3.63, 3.8) is 0 Å². The fraction of sp³-hybridized carbons (Fsp3) is 0.250. The Bertz CT molecular complexity index is 730. The molecule has 0 fully saturated rings. The van der Waals surface area contributed by atoms with Gasteiger partial charge in [0.25, 0.3) is 0 Å². The van der Waals surface area contributed by atoms with E-state index in [0.29, 0.717) is 0 Å². The minimum absolute atomic E-state index is 0.0643. The molecule has 2 aromatic rings. The summed E-state index contributed by atoms with van der Waals surface area (Å²) < 4.78 is 10.3. The van der Waals surface area contributed by atoms with E-state index in [9.17, 15) is 14.4 Å². The number of alkyl carbamates (subject to hydrolysis) is 1. The molecule has 26 heavy (non-hydrogen) atoms. The average Bonchev–Trinajstić information content (AvgIpc) is 2.65. The van der Waals surface area contributed by atoms with Gasteiger partial charge in [0.15, 0.2) is 0 Å². The first-order valence-corrected chi connectivity index (χ1v) is 8.22. The second-order valence-electron chi connectivity index (χ2n) is 5.76. The van der Waals surface area contributed by atoms with Crippen molar-refractivity contribution in [3.05, 3.63) is 71.8 Å². The Morgan fingerprint density at radius 1 is 0.846 bits per heavy atom. The van der Waals surface area contributed by atoms with Gasteiger partial charge in [-0.15, -0.1) is 0 Å². The van der Waals surface area contributed by atoms with E-state index in [2.05, 4.69) is 5.32 Å². The molecule has 1 N–H and O–H groups in total. The van der Waals surface area contributed by atoms with E-state index in [1.54, 1.807) is 0 Å². The van der Waals surface area contributed by atoms with Crippen molar-refractivity contribution in [2.24, 2.45) is 0 Å². The van der Waals surface area contributed by atoms with Crippen LogP contribution in [-0.2, 0) is 32.3 Å². The lowest BCUT2D eigenvalue weighted by molar-refractivity contribution is -0.148. The van der Waals surface area contributed by atoms with Crippen LogP contribution < -0.4 is 5.32 Å². The van der Waals surface area contributed by atoms with Gasteiger partial charge in [0, 0.05) is 6.42 Å². The molecule has 0 spiro atoms. The van der Waals surface area contributed by atoms with Crippen molar-refractivity contribution >= 4 is 17.8 Å². The number of ketones is 1. The van der Waals surface area contributed by atoms with Crippen LogP contribution in [0, 0.1) is 0 Å². The first-order chi connectivity index (χ1) is 12.5. The predicted octanol–water partition coefficient (Wildman–Crippen LogP) is 3.00. The molecule has 6 heteroatoms. The van der Waals surface area contributed by atoms with Gasteiger partial charge in [0.2, 0.25) is 0 Å². The van der Waals surface area contributed by atoms with Crippen LogP contribution in [0.25, 0.3) is 0 Å². The van der Waals surface area contributed by atoms with Crippen LogP contribution in [0.15, 0.2) is 60.7 Å². The SMILES string of the molecule is CC(=O)CC(NC(=O)OCc1ccccc1)C(=O)OCc1ccccc1. The normalized spacial score (nSPS) is 11.3. The Balaban J connectivity index is 1.87. The van der Waals surface area contributed by atoms with Gasteiger partial charge in [-0.25, -0.2) is 9.59 Å². The number of hydrogen-bond acceptors (Lipinski definition) is 5. The highest BCUT2D eigenvalue weighted by Gasteiger charge is 2.24. The summed E-state index contributed by atoms with van der Waals surface area (Å²) in [5.41, 5.74) is 1.63. The summed E-state index contributed by atoms with van der Waals surface area (Å²) in [5, 5.41) is 2.40. The van der Waals surface area contributed by atoms with E-state index in [1.807, 2.05) is 60.7 Å². The van der Waals surface area contributed by atoms with Gasteiger partial charge in [-0.2, -0.15) is 0 Å². The summed E-state index contributed by atoms with van der Waals surface area (Å²) in [6, 6.07) is 17.2. The molecule has 0 heterocycles. The maximum Gasteiger partial charge on any atom is 0.408 e. The maximum absolute atomic E-state index is 12.2. The minimum atomic E-state index is -1.08. The van der Waals surface area contributed by atoms with Gasteiger partial charge in [-0.05, 0) is 18.1 Å². The first kappa shape index (κ1) is 19.2. The highest BCUT2D eigenvalue weighted by Crippen LogP contribution is 2.05. The Labute approximate surface area is 152 Å². The predicted molar refractivity (Wildman–Crippen MR) is 95.1 cm³/mol. The van der Waals surface area contributed by atoms with Crippen LogP contribution in [-0.4, -0.2) is 23.9 Å². The third-order valence-electron chi connectivity index (χ3n) is 3.50. The molecule has 1 amide bonds. The van der Waals surface area contributed by atoms with Gasteiger partial charge in [0.1, 0.15) is 25.0 Å². The number of Topliss-reactive ketones (excluding diaryl/α,β-unsaturated/α-hetero) is 1. The summed E-state index contributed by atoms with van der Waals surface area (Å²) in [6.45, 7) is 1.47. The summed E-state index contributed by atoms with van der Waals surface area (Å²) in [6.07, 6.45) is -0.939. The van der Waals surface area contributed by atoms with Crippen molar-refractivity contribution in [2.75, 3.05) is 0 Å². The number of carbonyl (C=O) groups is 3. The molecule has 2 rings (SSSR count). The van der Waals surface area contributed by atoms with Crippen molar-refractivity contribution in [3.8, 4) is 0 Å². The summed E-state index contributed by atoms with van der Waals surface area (Å²) in [7, 11) is 0. The van der Waals surface area contributed by atoms with Crippen LogP contribution in [0.2, 0.25) is 0 Å². The van der Waals surface area contributed by atoms with Gasteiger partial charge in [0.05, 0.1) is 0 Å². The third-order valence-corrected chi connectivity index (χ3v) is 3.50. The molecule has 6 nitrogen and oxygen atoms in total. The number of esters is 1. The number of amides is 1. The number of ether oxygens (including phenoxy) is 2. The second kappa shape index (κ2) is 9.98. The third kappa shape index (κ3) is 6.76. The first-order valence-electron chi connectivity index (χ1n) is 8.22. The zero-order valence-corrected chi connectivity index (χ0v) is 14.5. The smallest absolute Gasteiger partial charge is 0.408 e. The molecule has 0 radical (unpaired) electrons. The van der Waals surface area contributed by atoms with E-state index in [-0.39, 0.29) is 25.4 Å².